The van der Waals surface area contributed by atoms with Gasteiger partial charge in [0.05, 0.1) is 13.2 Å². The molecule has 0 fully saturated rings. The number of nitrogens with one attached hydrogen (secondary N) is 1. The van der Waals surface area contributed by atoms with Crippen molar-refractivity contribution in [3.05, 3.63) is 34.7 Å². The second kappa shape index (κ2) is 7.74. The second-order valence-corrected chi connectivity index (χ2v) is 6.27. The van der Waals surface area contributed by atoms with E-state index in [4.69, 9.17) is 4.74 Å². The SMILES string of the molecule is CCNCc1sc2ccccc2c1COCCN(C)C. The Morgan fingerprint density at radius 1 is 1.25 bits per heavy atom. The van der Waals surface area contributed by atoms with Crippen molar-refractivity contribution in [1.29, 1.82) is 0 Å². The van der Waals surface area contributed by atoms with Gasteiger partial charge in [-0.15, -0.1) is 11.3 Å². The van der Waals surface area contributed by atoms with E-state index in [-0.39, 0.29) is 0 Å². The van der Waals surface area contributed by atoms with Gasteiger partial charge in [0.25, 0.3) is 0 Å². The lowest BCUT2D eigenvalue weighted by molar-refractivity contribution is 0.106. The van der Waals surface area contributed by atoms with Crippen molar-refractivity contribution >= 4 is 21.4 Å². The Kier molecular flexibility index (Phi) is 5.98. The first kappa shape index (κ1) is 15.4. The quantitative estimate of drug-likeness (QED) is 0.757. The van der Waals surface area contributed by atoms with Gasteiger partial charge in [0.15, 0.2) is 0 Å². The number of fused-ring (bicyclic) bond motifs is 1. The predicted molar refractivity (Wildman–Crippen MR) is 87.4 cm³/mol. The largest absolute Gasteiger partial charge is 0.375 e. The molecule has 0 saturated heterocycles. The van der Waals surface area contributed by atoms with Crippen molar-refractivity contribution in [2.75, 3.05) is 33.8 Å². The van der Waals surface area contributed by atoms with Gasteiger partial charge in [0, 0.05) is 28.2 Å². The van der Waals surface area contributed by atoms with E-state index in [9.17, 15) is 0 Å². The average Bonchev–Trinajstić information content (AvgIpc) is 2.79. The Morgan fingerprint density at radius 3 is 2.80 bits per heavy atom. The minimum absolute atomic E-state index is 0.707. The molecule has 20 heavy (non-hydrogen) atoms. The highest BCUT2D eigenvalue weighted by molar-refractivity contribution is 7.19. The van der Waals surface area contributed by atoms with Crippen molar-refractivity contribution in [1.82, 2.24) is 10.2 Å². The molecule has 0 radical (unpaired) electrons. The van der Waals surface area contributed by atoms with Gasteiger partial charge in [-0.25, -0.2) is 0 Å². The van der Waals surface area contributed by atoms with E-state index in [1.807, 2.05) is 11.3 Å². The van der Waals surface area contributed by atoms with Crippen LogP contribution >= 0.6 is 11.3 Å². The van der Waals surface area contributed by atoms with Gasteiger partial charge in [0.1, 0.15) is 0 Å². The zero-order valence-electron chi connectivity index (χ0n) is 12.6. The summed E-state index contributed by atoms with van der Waals surface area (Å²) in [5, 5.41) is 4.76. The third-order valence-electron chi connectivity index (χ3n) is 3.25. The lowest BCUT2D eigenvalue weighted by Gasteiger charge is -2.10. The Bertz CT molecular complexity index is 536. The highest BCUT2D eigenvalue weighted by atomic mass is 32.1. The summed E-state index contributed by atoms with van der Waals surface area (Å²) in [6.07, 6.45) is 0. The number of nitrogens with zero attached hydrogens (tertiary/aromatic N) is 1. The summed E-state index contributed by atoms with van der Waals surface area (Å²) in [6.45, 7) is 6.51. The van der Waals surface area contributed by atoms with Crippen molar-refractivity contribution in [3.63, 3.8) is 0 Å². The molecule has 1 aromatic heterocycles. The third-order valence-corrected chi connectivity index (χ3v) is 4.46. The predicted octanol–water partition coefficient (Wildman–Crippen LogP) is 3.09. The monoisotopic (exact) mass is 292 g/mol. The molecule has 0 aliphatic heterocycles. The Hall–Kier alpha value is -0.940. The first-order valence-electron chi connectivity index (χ1n) is 7.14. The normalized spacial score (nSPS) is 11.6. The summed E-state index contributed by atoms with van der Waals surface area (Å²) in [6, 6.07) is 8.60. The third kappa shape index (κ3) is 4.03. The second-order valence-electron chi connectivity index (χ2n) is 5.14. The molecule has 3 nitrogen and oxygen atoms in total. The van der Waals surface area contributed by atoms with Crippen molar-refractivity contribution < 1.29 is 4.74 Å². The number of rotatable bonds is 8. The minimum Gasteiger partial charge on any atom is -0.375 e. The van der Waals surface area contributed by atoms with E-state index in [0.717, 1.165) is 26.2 Å². The maximum Gasteiger partial charge on any atom is 0.0734 e. The van der Waals surface area contributed by atoms with Crippen molar-refractivity contribution in [3.8, 4) is 0 Å². The fourth-order valence-corrected chi connectivity index (χ4v) is 3.29. The van der Waals surface area contributed by atoms with Crippen LogP contribution in [0.4, 0.5) is 0 Å². The lowest BCUT2D eigenvalue weighted by atomic mass is 10.1. The maximum atomic E-state index is 5.85. The van der Waals surface area contributed by atoms with Crippen molar-refractivity contribution in [2.45, 2.75) is 20.1 Å². The number of ether oxygens (including phenoxy) is 1. The zero-order valence-corrected chi connectivity index (χ0v) is 13.4. The van der Waals surface area contributed by atoms with Gasteiger partial charge >= 0.3 is 0 Å². The molecular formula is C16H24N2OS. The van der Waals surface area contributed by atoms with E-state index in [2.05, 4.69) is 55.5 Å². The smallest absolute Gasteiger partial charge is 0.0734 e. The average molecular weight is 292 g/mol. The topological polar surface area (TPSA) is 24.5 Å². The minimum atomic E-state index is 0.707. The molecular weight excluding hydrogens is 268 g/mol. The van der Waals surface area contributed by atoms with Gasteiger partial charge in [0.2, 0.25) is 0 Å². The molecule has 2 rings (SSSR count). The van der Waals surface area contributed by atoms with E-state index in [0.29, 0.717) is 6.61 Å². The van der Waals surface area contributed by atoms with Crippen molar-refractivity contribution in [2.24, 2.45) is 0 Å². The molecule has 1 heterocycles. The van der Waals surface area contributed by atoms with Gasteiger partial charge < -0.3 is 15.0 Å². The van der Waals surface area contributed by atoms with E-state index in [1.165, 1.54) is 20.5 Å². The molecule has 0 bridgehead atoms. The molecule has 0 unspecified atom stereocenters. The van der Waals surface area contributed by atoms with E-state index < -0.39 is 0 Å². The van der Waals surface area contributed by atoms with E-state index >= 15 is 0 Å². The zero-order chi connectivity index (χ0) is 14.4. The highest BCUT2D eigenvalue weighted by Crippen LogP contribution is 2.31. The molecule has 0 amide bonds. The van der Waals surface area contributed by atoms with Crippen LogP contribution in [-0.4, -0.2) is 38.7 Å². The number of hydrogen-bond acceptors (Lipinski definition) is 4. The summed E-state index contributed by atoms with van der Waals surface area (Å²) >= 11 is 1.88. The number of hydrogen-bond donors (Lipinski definition) is 1. The fourth-order valence-electron chi connectivity index (χ4n) is 2.11. The molecule has 0 aliphatic carbocycles. The standard InChI is InChI=1S/C16H24N2OS/c1-4-17-11-16-14(12-19-10-9-18(2)3)13-7-5-6-8-15(13)20-16/h5-8,17H,4,9-12H2,1-3H3. The van der Waals surface area contributed by atoms with Gasteiger partial charge in [-0.3, -0.25) is 0 Å². The van der Waals surface area contributed by atoms with Crippen LogP contribution in [0.3, 0.4) is 0 Å². The molecule has 2 aromatic rings. The lowest BCUT2D eigenvalue weighted by Crippen LogP contribution is -2.18. The molecule has 0 spiro atoms. The molecule has 0 aliphatic rings. The molecule has 0 atom stereocenters. The first-order valence-corrected chi connectivity index (χ1v) is 7.96. The van der Waals surface area contributed by atoms with E-state index in [1.54, 1.807) is 0 Å². The van der Waals surface area contributed by atoms with Gasteiger partial charge in [-0.05, 0) is 32.1 Å². The summed E-state index contributed by atoms with van der Waals surface area (Å²) in [5.41, 5.74) is 1.35. The van der Waals surface area contributed by atoms with Crippen LogP contribution in [-0.2, 0) is 17.9 Å². The Balaban J connectivity index is 2.11. The Morgan fingerprint density at radius 2 is 2.05 bits per heavy atom. The summed E-state index contributed by atoms with van der Waals surface area (Å²) in [7, 11) is 4.14. The molecule has 4 heteroatoms. The van der Waals surface area contributed by atoms with Crippen LogP contribution in [0.25, 0.3) is 10.1 Å². The molecule has 1 aromatic carbocycles. The number of thiophene rings is 1. The van der Waals surface area contributed by atoms with Crippen LogP contribution in [0.15, 0.2) is 24.3 Å². The summed E-state index contributed by atoms with van der Waals surface area (Å²) in [4.78, 5) is 3.54. The highest BCUT2D eigenvalue weighted by Gasteiger charge is 2.11. The maximum absolute atomic E-state index is 5.85. The van der Waals surface area contributed by atoms with Crippen LogP contribution in [0.5, 0.6) is 0 Å². The van der Waals surface area contributed by atoms with Crippen LogP contribution in [0.1, 0.15) is 17.4 Å². The fraction of sp³-hybridized carbons (Fsp3) is 0.500. The van der Waals surface area contributed by atoms with Gasteiger partial charge in [-0.2, -0.15) is 0 Å². The van der Waals surface area contributed by atoms with Crippen LogP contribution < -0.4 is 5.32 Å². The molecule has 110 valence electrons. The number of likely N-dealkylation sites (N-methyl/N-ethyl adjacent to an activating group) is 1. The van der Waals surface area contributed by atoms with Crippen LogP contribution in [0.2, 0.25) is 0 Å². The first-order chi connectivity index (χ1) is 9.72. The molecule has 1 N–H and O–H groups in total. The summed E-state index contributed by atoms with van der Waals surface area (Å²) < 4.78 is 7.21. The van der Waals surface area contributed by atoms with Crippen LogP contribution in [0, 0.1) is 0 Å². The Labute approximate surface area is 125 Å². The number of benzene rings is 1. The molecule has 0 saturated carbocycles. The van der Waals surface area contributed by atoms with Gasteiger partial charge in [-0.1, -0.05) is 25.1 Å². The summed E-state index contributed by atoms with van der Waals surface area (Å²) in [5.74, 6) is 0.